The van der Waals surface area contributed by atoms with Crippen LogP contribution in [-0.4, -0.2) is 45.3 Å². The molecule has 1 aliphatic rings. The summed E-state index contributed by atoms with van der Waals surface area (Å²) in [5.41, 5.74) is 1.20. The van der Waals surface area contributed by atoms with E-state index in [-0.39, 0.29) is 11.8 Å². The van der Waals surface area contributed by atoms with Gasteiger partial charge in [-0.2, -0.15) is 0 Å². The standard InChI is InChI=1S/C14H16N4O3/c19-14(20)12-9-18(17-16-12)6-5-15-8-11-7-10-3-1-2-4-13(10)21-11/h1-4,9,11,15H,5-8H2,(H,19,20). The molecule has 1 aromatic heterocycles. The average Bonchev–Trinajstić information content (AvgIpc) is 3.10. The SMILES string of the molecule is O=C(O)c1cn(CCNCC2Cc3ccccc3O2)nn1. The molecule has 1 aliphatic heterocycles. The number of hydrogen-bond donors (Lipinski definition) is 2. The third-order valence-corrected chi connectivity index (χ3v) is 3.36. The lowest BCUT2D eigenvalue weighted by molar-refractivity contribution is 0.0690. The number of benzene rings is 1. The van der Waals surface area contributed by atoms with Gasteiger partial charge < -0.3 is 15.2 Å². The van der Waals surface area contributed by atoms with E-state index in [4.69, 9.17) is 9.84 Å². The van der Waals surface area contributed by atoms with Crippen molar-refractivity contribution >= 4 is 5.97 Å². The number of aromatic nitrogens is 3. The first kappa shape index (κ1) is 13.6. The summed E-state index contributed by atoms with van der Waals surface area (Å²) < 4.78 is 7.33. The van der Waals surface area contributed by atoms with Crippen molar-refractivity contribution in [3.8, 4) is 5.75 Å². The van der Waals surface area contributed by atoms with Crippen LogP contribution in [0.15, 0.2) is 30.5 Å². The van der Waals surface area contributed by atoms with Crippen molar-refractivity contribution in [1.29, 1.82) is 0 Å². The third kappa shape index (κ3) is 3.19. The summed E-state index contributed by atoms with van der Waals surface area (Å²) in [6.07, 6.45) is 2.48. The number of para-hydroxylation sites is 1. The van der Waals surface area contributed by atoms with E-state index in [0.29, 0.717) is 13.1 Å². The molecule has 2 N–H and O–H groups in total. The van der Waals surface area contributed by atoms with Crippen molar-refractivity contribution in [3.05, 3.63) is 41.7 Å². The second kappa shape index (κ2) is 5.92. The predicted octanol–water partition coefficient (Wildman–Crippen LogP) is 0.570. The number of carboxylic acids is 1. The predicted molar refractivity (Wildman–Crippen MR) is 74.4 cm³/mol. The summed E-state index contributed by atoms with van der Waals surface area (Å²) in [5.74, 6) is -0.0991. The van der Waals surface area contributed by atoms with Crippen LogP contribution in [0.25, 0.3) is 0 Å². The maximum atomic E-state index is 10.7. The Hall–Kier alpha value is -2.41. The molecule has 110 valence electrons. The van der Waals surface area contributed by atoms with Crippen LogP contribution >= 0.6 is 0 Å². The van der Waals surface area contributed by atoms with Gasteiger partial charge in [-0.25, -0.2) is 4.79 Å². The minimum atomic E-state index is -1.06. The topological polar surface area (TPSA) is 89.3 Å². The van der Waals surface area contributed by atoms with Gasteiger partial charge in [0.25, 0.3) is 0 Å². The first-order valence-electron chi connectivity index (χ1n) is 6.81. The largest absolute Gasteiger partial charge is 0.488 e. The number of carboxylic acid groups (broad SMARTS) is 1. The molecule has 0 amide bonds. The third-order valence-electron chi connectivity index (χ3n) is 3.36. The van der Waals surface area contributed by atoms with Crippen LogP contribution in [0.4, 0.5) is 0 Å². The van der Waals surface area contributed by atoms with E-state index in [1.807, 2.05) is 18.2 Å². The van der Waals surface area contributed by atoms with Gasteiger partial charge in [0.05, 0.1) is 12.7 Å². The van der Waals surface area contributed by atoms with E-state index in [2.05, 4.69) is 21.7 Å². The zero-order valence-corrected chi connectivity index (χ0v) is 11.4. The van der Waals surface area contributed by atoms with E-state index in [9.17, 15) is 4.79 Å². The van der Waals surface area contributed by atoms with Gasteiger partial charge in [0, 0.05) is 19.5 Å². The summed E-state index contributed by atoms with van der Waals surface area (Å²) >= 11 is 0. The Kier molecular flexibility index (Phi) is 3.83. The van der Waals surface area contributed by atoms with Crippen molar-refractivity contribution in [2.75, 3.05) is 13.1 Å². The zero-order valence-electron chi connectivity index (χ0n) is 11.4. The molecule has 0 saturated carbocycles. The molecule has 1 atom stereocenters. The molecule has 0 radical (unpaired) electrons. The number of rotatable bonds is 6. The maximum absolute atomic E-state index is 10.7. The monoisotopic (exact) mass is 288 g/mol. The Bertz CT molecular complexity index is 616. The molecule has 1 unspecified atom stereocenters. The summed E-state index contributed by atoms with van der Waals surface area (Å²) in [6, 6.07) is 8.05. The Morgan fingerprint density at radius 1 is 1.48 bits per heavy atom. The summed E-state index contributed by atoms with van der Waals surface area (Å²) in [6.45, 7) is 1.99. The Labute approximate surface area is 121 Å². The van der Waals surface area contributed by atoms with Crippen molar-refractivity contribution in [2.24, 2.45) is 0 Å². The number of nitrogens with zero attached hydrogens (tertiary/aromatic N) is 3. The number of carbonyl (C=O) groups is 1. The Balaban J connectivity index is 1.40. The van der Waals surface area contributed by atoms with Crippen LogP contribution in [0.2, 0.25) is 0 Å². The normalized spacial score (nSPS) is 16.5. The molecule has 21 heavy (non-hydrogen) atoms. The van der Waals surface area contributed by atoms with Crippen LogP contribution in [0, 0.1) is 0 Å². The number of fused-ring (bicyclic) bond motifs is 1. The average molecular weight is 288 g/mol. The molecule has 0 bridgehead atoms. The molecule has 0 saturated heterocycles. The second-order valence-corrected chi connectivity index (χ2v) is 4.93. The van der Waals surface area contributed by atoms with Crippen LogP contribution < -0.4 is 10.1 Å². The molecule has 0 aliphatic carbocycles. The molecule has 0 fully saturated rings. The Morgan fingerprint density at radius 3 is 3.10 bits per heavy atom. The summed E-state index contributed by atoms with van der Waals surface area (Å²) in [7, 11) is 0. The highest BCUT2D eigenvalue weighted by atomic mass is 16.5. The molecule has 0 spiro atoms. The molecular formula is C14H16N4O3. The van der Waals surface area contributed by atoms with E-state index in [0.717, 1.165) is 18.7 Å². The summed E-state index contributed by atoms with van der Waals surface area (Å²) in [5, 5.41) is 19.4. The van der Waals surface area contributed by atoms with Crippen molar-refractivity contribution < 1.29 is 14.6 Å². The Morgan fingerprint density at radius 2 is 2.33 bits per heavy atom. The number of nitrogens with one attached hydrogen (secondary N) is 1. The highest BCUT2D eigenvalue weighted by Crippen LogP contribution is 2.27. The van der Waals surface area contributed by atoms with E-state index < -0.39 is 5.97 Å². The van der Waals surface area contributed by atoms with Gasteiger partial charge in [0.1, 0.15) is 11.9 Å². The van der Waals surface area contributed by atoms with Crippen molar-refractivity contribution in [3.63, 3.8) is 0 Å². The molecule has 1 aromatic carbocycles. The van der Waals surface area contributed by atoms with E-state index in [1.165, 1.54) is 16.4 Å². The van der Waals surface area contributed by atoms with E-state index >= 15 is 0 Å². The molecule has 2 heterocycles. The van der Waals surface area contributed by atoms with Crippen molar-refractivity contribution in [1.82, 2.24) is 20.3 Å². The zero-order chi connectivity index (χ0) is 14.7. The highest BCUT2D eigenvalue weighted by molar-refractivity contribution is 5.84. The molecular weight excluding hydrogens is 272 g/mol. The van der Waals surface area contributed by atoms with Crippen LogP contribution in [0.3, 0.4) is 0 Å². The summed E-state index contributed by atoms with van der Waals surface area (Å²) in [4.78, 5) is 10.7. The van der Waals surface area contributed by atoms with Crippen LogP contribution in [0.1, 0.15) is 16.1 Å². The molecule has 7 heteroatoms. The first-order valence-corrected chi connectivity index (χ1v) is 6.81. The van der Waals surface area contributed by atoms with Gasteiger partial charge in [-0.15, -0.1) is 5.10 Å². The quantitative estimate of drug-likeness (QED) is 0.755. The maximum Gasteiger partial charge on any atom is 0.358 e. The lowest BCUT2D eigenvalue weighted by Gasteiger charge is -2.11. The lowest BCUT2D eigenvalue weighted by Crippen LogP contribution is -2.32. The fraction of sp³-hybridized carbons (Fsp3) is 0.357. The smallest absolute Gasteiger partial charge is 0.358 e. The lowest BCUT2D eigenvalue weighted by atomic mass is 10.1. The van der Waals surface area contributed by atoms with Gasteiger partial charge in [-0.1, -0.05) is 23.4 Å². The minimum absolute atomic E-state index is 0.0374. The van der Waals surface area contributed by atoms with Crippen LogP contribution in [-0.2, 0) is 13.0 Å². The van der Waals surface area contributed by atoms with Crippen LogP contribution in [0.5, 0.6) is 5.75 Å². The van der Waals surface area contributed by atoms with Gasteiger partial charge in [-0.3, -0.25) is 4.68 Å². The second-order valence-electron chi connectivity index (χ2n) is 4.93. The molecule has 7 nitrogen and oxygen atoms in total. The van der Waals surface area contributed by atoms with Gasteiger partial charge >= 0.3 is 5.97 Å². The fourth-order valence-corrected chi connectivity index (χ4v) is 2.33. The minimum Gasteiger partial charge on any atom is -0.488 e. The van der Waals surface area contributed by atoms with E-state index in [1.54, 1.807) is 0 Å². The van der Waals surface area contributed by atoms with Crippen molar-refractivity contribution in [2.45, 2.75) is 19.1 Å². The highest BCUT2D eigenvalue weighted by Gasteiger charge is 2.21. The van der Waals surface area contributed by atoms with Gasteiger partial charge in [-0.05, 0) is 11.6 Å². The number of hydrogen-bond acceptors (Lipinski definition) is 5. The number of ether oxygens (including phenoxy) is 1. The van der Waals surface area contributed by atoms with Gasteiger partial charge in [0.2, 0.25) is 0 Å². The molecule has 2 aromatic rings. The number of aromatic carboxylic acids is 1. The van der Waals surface area contributed by atoms with Gasteiger partial charge in [0.15, 0.2) is 5.69 Å². The fourth-order valence-electron chi connectivity index (χ4n) is 2.33. The first-order chi connectivity index (χ1) is 10.2. The molecule has 3 rings (SSSR count).